The highest BCUT2D eigenvalue weighted by Gasteiger charge is 2.26. The standard InChI is InChI=1S/C20H21N.C17H16O4.ClH/c1-21(2)15-7-12-20-18-10-5-3-8-16(18)13-14-17-9-4-6-11-19(17)20;1-4-13(11-5-7-12(20-2)8-6-11)14-9-16(19)17(21-3)10-15(14)18;/h3-6,8-14H,7,15H2,1-2H3;4-10,13H,1H2,2-3H3;1H. The number of ether oxygens (including phenoxy) is 2. The van der Waals surface area contributed by atoms with Crippen molar-refractivity contribution in [3.05, 3.63) is 143 Å². The maximum Gasteiger partial charge on any atom is 0.220 e. The van der Waals surface area contributed by atoms with Gasteiger partial charge in [-0.3, -0.25) is 9.59 Å². The number of fused-ring (bicyclic) bond motifs is 2. The average Bonchev–Trinajstić information content (AvgIpc) is 3.16. The maximum atomic E-state index is 12.2. The summed E-state index contributed by atoms with van der Waals surface area (Å²) in [5, 5.41) is 0. The van der Waals surface area contributed by atoms with Crippen LogP contribution in [0.2, 0.25) is 0 Å². The smallest absolute Gasteiger partial charge is 0.220 e. The summed E-state index contributed by atoms with van der Waals surface area (Å²) in [7, 11) is 7.19. The van der Waals surface area contributed by atoms with Gasteiger partial charge < -0.3 is 14.4 Å². The van der Waals surface area contributed by atoms with Crippen molar-refractivity contribution in [3.8, 4) is 5.75 Å². The van der Waals surface area contributed by atoms with Gasteiger partial charge in [0.1, 0.15) is 5.75 Å². The molecule has 2 aliphatic carbocycles. The second-order valence-corrected chi connectivity index (χ2v) is 10.2. The average molecular weight is 596 g/mol. The maximum absolute atomic E-state index is 12.2. The molecule has 43 heavy (non-hydrogen) atoms. The van der Waals surface area contributed by atoms with Crippen LogP contribution in [0.15, 0.2) is 115 Å². The Hall–Kier alpha value is -4.45. The van der Waals surface area contributed by atoms with Crippen molar-refractivity contribution < 1.29 is 19.1 Å². The molecule has 5 nitrogen and oxygen atoms in total. The summed E-state index contributed by atoms with van der Waals surface area (Å²) in [4.78, 5) is 26.2. The number of carbonyl (C=O) groups excluding carboxylic acids is 2. The van der Waals surface area contributed by atoms with Crippen molar-refractivity contribution in [2.45, 2.75) is 12.3 Å². The monoisotopic (exact) mass is 595 g/mol. The Morgan fingerprint density at radius 1 is 0.791 bits per heavy atom. The number of methoxy groups -OCH3 is 2. The van der Waals surface area contributed by atoms with Crippen molar-refractivity contribution in [2.24, 2.45) is 0 Å². The fourth-order valence-corrected chi connectivity index (χ4v) is 5.00. The minimum atomic E-state index is -0.345. The first-order valence-electron chi connectivity index (χ1n) is 13.9. The highest BCUT2D eigenvalue weighted by atomic mass is 35.5. The fourth-order valence-electron chi connectivity index (χ4n) is 5.00. The van der Waals surface area contributed by atoms with Gasteiger partial charge in [0.05, 0.1) is 14.2 Å². The summed E-state index contributed by atoms with van der Waals surface area (Å²) in [5.74, 6) is -0.119. The number of allylic oxidation sites excluding steroid dienone is 4. The zero-order valence-electron chi connectivity index (χ0n) is 25.1. The normalized spacial score (nSPS) is 14.0. The highest BCUT2D eigenvalue weighted by Crippen LogP contribution is 2.34. The van der Waals surface area contributed by atoms with Crippen LogP contribution >= 0.6 is 12.4 Å². The van der Waals surface area contributed by atoms with Gasteiger partial charge >= 0.3 is 0 Å². The van der Waals surface area contributed by atoms with Crippen LogP contribution in [-0.2, 0) is 14.3 Å². The molecular weight excluding hydrogens is 558 g/mol. The van der Waals surface area contributed by atoms with Gasteiger partial charge in [0.2, 0.25) is 5.78 Å². The van der Waals surface area contributed by atoms with Crippen LogP contribution in [-0.4, -0.2) is 51.3 Å². The van der Waals surface area contributed by atoms with E-state index in [-0.39, 0.29) is 35.7 Å². The van der Waals surface area contributed by atoms with Gasteiger partial charge in [-0.25, -0.2) is 0 Å². The summed E-state index contributed by atoms with van der Waals surface area (Å²) < 4.78 is 9.98. The lowest BCUT2D eigenvalue weighted by molar-refractivity contribution is -0.117. The lowest BCUT2D eigenvalue weighted by Crippen LogP contribution is -2.18. The molecule has 0 aliphatic heterocycles. The molecule has 0 aromatic heterocycles. The van der Waals surface area contributed by atoms with E-state index in [1.54, 1.807) is 25.3 Å². The number of halogens is 1. The molecule has 0 fully saturated rings. The Bertz CT molecular complexity index is 1530. The van der Waals surface area contributed by atoms with Gasteiger partial charge in [-0.05, 0) is 72.1 Å². The van der Waals surface area contributed by atoms with Crippen LogP contribution in [0.4, 0.5) is 0 Å². The molecule has 6 heteroatoms. The summed E-state index contributed by atoms with van der Waals surface area (Å²) in [5.41, 5.74) is 7.87. The third kappa shape index (κ3) is 8.10. The zero-order valence-corrected chi connectivity index (χ0v) is 25.9. The first kappa shape index (κ1) is 33.1. The Kier molecular flexibility index (Phi) is 12.1. The van der Waals surface area contributed by atoms with Crippen LogP contribution in [0.5, 0.6) is 5.75 Å². The van der Waals surface area contributed by atoms with E-state index >= 15 is 0 Å². The lowest BCUT2D eigenvalue weighted by atomic mass is 9.85. The second kappa shape index (κ2) is 15.7. The third-order valence-electron chi connectivity index (χ3n) is 7.21. The fraction of sp³-hybridized carbons (Fsp3) is 0.189. The van der Waals surface area contributed by atoms with Crippen LogP contribution in [0.3, 0.4) is 0 Å². The molecule has 5 rings (SSSR count). The van der Waals surface area contributed by atoms with Crippen LogP contribution in [0.25, 0.3) is 17.7 Å². The largest absolute Gasteiger partial charge is 0.497 e. The predicted octanol–water partition coefficient (Wildman–Crippen LogP) is 7.55. The van der Waals surface area contributed by atoms with E-state index < -0.39 is 0 Å². The van der Waals surface area contributed by atoms with Crippen molar-refractivity contribution in [1.82, 2.24) is 4.90 Å². The van der Waals surface area contributed by atoms with E-state index in [1.165, 1.54) is 47.1 Å². The Morgan fingerprint density at radius 2 is 1.37 bits per heavy atom. The summed E-state index contributed by atoms with van der Waals surface area (Å²) in [6, 6.07) is 24.6. The molecule has 2 aliphatic rings. The molecule has 0 amide bonds. The molecule has 0 bridgehead atoms. The molecular formula is C37H38ClNO4. The van der Waals surface area contributed by atoms with E-state index in [4.69, 9.17) is 9.47 Å². The van der Waals surface area contributed by atoms with Crippen LogP contribution < -0.4 is 4.74 Å². The number of benzene rings is 3. The first-order chi connectivity index (χ1) is 20.4. The summed E-state index contributed by atoms with van der Waals surface area (Å²) in [6.45, 7) is 4.84. The number of carbonyl (C=O) groups is 2. The Labute approximate surface area is 260 Å². The Morgan fingerprint density at radius 3 is 1.88 bits per heavy atom. The minimum absolute atomic E-state index is 0. The van der Waals surface area contributed by atoms with E-state index in [9.17, 15) is 9.59 Å². The molecule has 1 atom stereocenters. The molecule has 0 saturated heterocycles. The van der Waals surface area contributed by atoms with Gasteiger partial charge in [0.25, 0.3) is 0 Å². The molecule has 3 aromatic carbocycles. The molecule has 222 valence electrons. The minimum Gasteiger partial charge on any atom is -0.497 e. The Balaban J connectivity index is 0.000000230. The van der Waals surface area contributed by atoms with E-state index in [0.717, 1.165) is 24.3 Å². The number of rotatable bonds is 8. The molecule has 0 radical (unpaired) electrons. The molecule has 1 unspecified atom stereocenters. The molecule has 0 N–H and O–H groups in total. The van der Waals surface area contributed by atoms with Crippen LogP contribution in [0, 0.1) is 0 Å². The molecule has 0 spiro atoms. The quantitative estimate of drug-likeness (QED) is 0.155. The molecule has 0 saturated carbocycles. The van der Waals surface area contributed by atoms with E-state index in [1.807, 2.05) is 12.1 Å². The van der Waals surface area contributed by atoms with Gasteiger partial charge in [0.15, 0.2) is 11.5 Å². The topological polar surface area (TPSA) is 55.8 Å². The van der Waals surface area contributed by atoms with Crippen molar-refractivity contribution in [1.29, 1.82) is 0 Å². The van der Waals surface area contributed by atoms with Gasteiger partial charge in [-0.2, -0.15) is 0 Å². The zero-order chi connectivity index (χ0) is 30.1. The number of hydrogen-bond acceptors (Lipinski definition) is 5. The summed E-state index contributed by atoms with van der Waals surface area (Å²) >= 11 is 0. The van der Waals surface area contributed by atoms with Gasteiger partial charge in [-0.1, -0.05) is 85.0 Å². The van der Waals surface area contributed by atoms with Crippen molar-refractivity contribution in [2.75, 3.05) is 34.9 Å². The molecule has 0 heterocycles. The second-order valence-electron chi connectivity index (χ2n) is 10.2. The number of ketones is 2. The van der Waals surface area contributed by atoms with Gasteiger partial charge in [0, 0.05) is 24.1 Å². The van der Waals surface area contributed by atoms with Crippen molar-refractivity contribution >= 4 is 41.7 Å². The van der Waals surface area contributed by atoms with Crippen LogP contribution in [0.1, 0.15) is 40.2 Å². The highest BCUT2D eigenvalue weighted by molar-refractivity contribution is 6.19. The number of hydrogen-bond donors (Lipinski definition) is 0. The van der Waals surface area contributed by atoms with E-state index in [0.29, 0.717) is 5.57 Å². The van der Waals surface area contributed by atoms with Crippen molar-refractivity contribution in [3.63, 3.8) is 0 Å². The number of nitrogens with zero attached hydrogens (tertiary/aromatic N) is 1. The van der Waals surface area contributed by atoms with Gasteiger partial charge in [-0.15, -0.1) is 19.0 Å². The lowest BCUT2D eigenvalue weighted by Gasteiger charge is -2.18. The predicted molar refractivity (Wildman–Crippen MR) is 178 cm³/mol. The SMILES string of the molecule is C=CC(C1=CC(=O)C(OC)=CC1=O)c1ccc(OC)cc1.CN(C)CCC=C1c2ccccc2C=Cc2ccccc21.Cl. The summed E-state index contributed by atoms with van der Waals surface area (Å²) in [6.07, 6.45) is 12.1. The molecule has 3 aromatic rings. The first-order valence-corrected chi connectivity index (χ1v) is 13.9. The van der Waals surface area contributed by atoms with E-state index in [2.05, 4.69) is 92.3 Å². The third-order valence-corrected chi connectivity index (χ3v) is 7.21.